The number of piperazine rings is 1. The van der Waals surface area contributed by atoms with Gasteiger partial charge in [0.1, 0.15) is 12.4 Å². The topological polar surface area (TPSA) is 49.9 Å². The first kappa shape index (κ1) is 15.6. The minimum Gasteiger partial charge on any atom is -0.492 e. The van der Waals surface area contributed by atoms with Gasteiger partial charge in [0.2, 0.25) is 0 Å². The Labute approximate surface area is 124 Å². The van der Waals surface area contributed by atoms with E-state index in [9.17, 15) is 8.42 Å². The van der Waals surface area contributed by atoms with Crippen molar-refractivity contribution in [2.24, 2.45) is 0 Å². The van der Waals surface area contributed by atoms with Crippen LogP contribution in [0.25, 0.3) is 0 Å². The third kappa shape index (κ3) is 4.63. The Morgan fingerprint density at radius 1 is 1.15 bits per heavy atom. The summed E-state index contributed by atoms with van der Waals surface area (Å²) in [4.78, 5) is 4.76. The smallest absolute Gasteiger partial charge is 0.261 e. The summed E-state index contributed by atoms with van der Waals surface area (Å²) in [7, 11) is 3.72. The maximum absolute atomic E-state index is 11.1. The second kappa shape index (κ2) is 6.76. The van der Waals surface area contributed by atoms with Gasteiger partial charge >= 0.3 is 0 Å². The Balaban J connectivity index is 1.77. The third-order valence-electron chi connectivity index (χ3n) is 3.38. The van der Waals surface area contributed by atoms with Gasteiger partial charge in [0, 0.05) is 43.4 Å². The molecular weight excluding hydrogens is 300 g/mol. The van der Waals surface area contributed by atoms with Gasteiger partial charge in [-0.25, -0.2) is 8.42 Å². The summed E-state index contributed by atoms with van der Waals surface area (Å²) in [6.07, 6.45) is 0. The second-order valence-corrected chi connectivity index (χ2v) is 7.47. The average molecular weight is 319 g/mol. The quantitative estimate of drug-likeness (QED) is 0.765. The van der Waals surface area contributed by atoms with Gasteiger partial charge in [-0.2, -0.15) is 0 Å². The molecule has 0 saturated carbocycles. The summed E-state index contributed by atoms with van der Waals surface area (Å²) in [6.45, 7) is 5.76. The standard InChI is InChI=1S/C13H19ClN2O3S/c1-15-6-8-16(9-7-15)10-11-19-12-2-4-13(5-3-12)20(14,17)18/h2-5H,6-11H2,1H3. The van der Waals surface area contributed by atoms with E-state index in [1.165, 1.54) is 12.1 Å². The molecule has 20 heavy (non-hydrogen) atoms. The lowest BCUT2D eigenvalue weighted by Gasteiger charge is -2.32. The summed E-state index contributed by atoms with van der Waals surface area (Å²) >= 11 is 0. The predicted molar refractivity (Wildman–Crippen MR) is 78.9 cm³/mol. The monoisotopic (exact) mass is 318 g/mol. The van der Waals surface area contributed by atoms with Crippen LogP contribution in [0.15, 0.2) is 29.2 Å². The average Bonchev–Trinajstić information content (AvgIpc) is 2.41. The molecule has 7 heteroatoms. The second-order valence-electron chi connectivity index (χ2n) is 4.90. The van der Waals surface area contributed by atoms with Crippen LogP contribution in [0.2, 0.25) is 0 Å². The van der Waals surface area contributed by atoms with Gasteiger partial charge in [-0.05, 0) is 31.3 Å². The molecule has 0 aromatic heterocycles. The minimum atomic E-state index is -3.66. The van der Waals surface area contributed by atoms with Crippen LogP contribution in [0.3, 0.4) is 0 Å². The van der Waals surface area contributed by atoms with Crippen molar-refractivity contribution in [1.29, 1.82) is 0 Å². The van der Waals surface area contributed by atoms with Gasteiger partial charge in [0.25, 0.3) is 9.05 Å². The van der Waals surface area contributed by atoms with Crippen molar-refractivity contribution in [1.82, 2.24) is 9.80 Å². The summed E-state index contributed by atoms with van der Waals surface area (Å²) < 4.78 is 27.8. The Morgan fingerprint density at radius 2 is 1.75 bits per heavy atom. The zero-order valence-electron chi connectivity index (χ0n) is 11.5. The predicted octanol–water partition coefficient (Wildman–Crippen LogP) is 1.24. The first-order valence-corrected chi connectivity index (χ1v) is 8.84. The molecule has 0 spiro atoms. The van der Waals surface area contributed by atoms with Gasteiger partial charge in [0.15, 0.2) is 0 Å². The fourth-order valence-electron chi connectivity index (χ4n) is 2.06. The molecule has 1 aliphatic heterocycles. The van der Waals surface area contributed by atoms with Crippen molar-refractivity contribution in [2.45, 2.75) is 4.90 Å². The zero-order chi connectivity index (χ0) is 14.6. The highest BCUT2D eigenvalue weighted by Crippen LogP contribution is 2.18. The molecule has 0 bridgehead atoms. The number of ether oxygens (including phenoxy) is 1. The van der Waals surface area contributed by atoms with E-state index in [2.05, 4.69) is 16.8 Å². The highest BCUT2D eigenvalue weighted by Gasteiger charge is 2.13. The Hall–Kier alpha value is -0.820. The van der Waals surface area contributed by atoms with E-state index >= 15 is 0 Å². The van der Waals surface area contributed by atoms with Gasteiger partial charge in [0.05, 0.1) is 4.90 Å². The number of halogens is 1. The number of likely N-dealkylation sites (N-methyl/N-ethyl adjacent to an activating group) is 1. The lowest BCUT2D eigenvalue weighted by molar-refractivity contribution is 0.133. The Kier molecular flexibility index (Phi) is 5.26. The minimum absolute atomic E-state index is 0.0885. The molecule has 5 nitrogen and oxygen atoms in total. The van der Waals surface area contributed by atoms with Crippen LogP contribution in [0.5, 0.6) is 5.75 Å². The van der Waals surface area contributed by atoms with Crippen LogP contribution in [0, 0.1) is 0 Å². The van der Waals surface area contributed by atoms with E-state index in [0.29, 0.717) is 12.4 Å². The number of nitrogens with zero attached hydrogens (tertiary/aromatic N) is 2. The maximum Gasteiger partial charge on any atom is 0.261 e. The van der Waals surface area contributed by atoms with E-state index in [-0.39, 0.29) is 4.90 Å². The summed E-state index contributed by atoms with van der Waals surface area (Å²) in [5.41, 5.74) is 0. The van der Waals surface area contributed by atoms with Crippen molar-refractivity contribution < 1.29 is 13.2 Å². The van der Waals surface area contributed by atoms with Crippen molar-refractivity contribution in [3.05, 3.63) is 24.3 Å². The molecule has 2 rings (SSSR count). The number of rotatable bonds is 5. The number of hydrogen-bond donors (Lipinski definition) is 0. The van der Waals surface area contributed by atoms with E-state index in [4.69, 9.17) is 15.4 Å². The molecule has 1 heterocycles. The molecule has 1 aromatic carbocycles. The molecule has 112 valence electrons. The van der Waals surface area contributed by atoms with E-state index in [0.717, 1.165) is 32.7 Å². The fourth-order valence-corrected chi connectivity index (χ4v) is 2.83. The summed E-state index contributed by atoms with van der Waals surface area (Å²) in [5, 5.41) is 0. The van der Waals surface area contributed by atoms with E-state index in [1.54, 1.807) is 12.1 Å². The van der Waals surface area contributed by atoms with Crippen molar-refractivity contribution >= 4 is 19.7 Å². The number of hydrogen-bond acceptors (Lipinski definition) is 5. The van der Waals surface area contributed by atoms with E-state index in [1.807, 2.05) is 0 Å². The van der Waals surface area contributed by atoms with Crippen LogP contribution >= 0.6 is 10.7 Å². The number of benzene rings is 1. The first-order valence-electron chi connectivity index (χ1n) is 6.53. The molecule has 0 aliphatic carbocycles. The van der Waals surface area contributed by atoms with Gasteiger partial charge in [-0.1, -0.05) is 0 Å². The molecule has 1 fully saturated rings. The maximum atomic E-state index is 11.1. The van der Waals surface area contributed by atoms with Crippen LogP contribution in [-0.4, -0.2) is 64.6 Å². The molecule has 0 unspecified atom stereocenters. The van der Waals surface area contributed by atoms with Gasteiger partial charge in [-0.15, -0.1) is 0 Å². The molecule has 0 amide bonds. The molecule has 0 radical (unpaired) electrons. The SMILES string of the molecule is CN1CCN(CCOc2ccc(S(=O)(=O)Cl)cc2)CC1. The molecular formula is C13H19ClN2O3S. The molecule has 0 atom stereocenters. The van der Waals surface area contributed by atoms with Crippen LogP contribution < -0.4 is 4.74 Å². The Morgan fingerprint density at radius 3 is 2.30 bits per heavy atom. The highest BCUT2D eigenvalue weighted by molar-refractivity contribution is 8.13. The molecule has 1 saturated heterocycles. The van der Waals surface area contributed by atoms with Crippen LogP contribution in [-0.2, 0) is 9.05 Å². The normalized spacial score (nSPS) is 18.1. The summed E-state index contributed by atoms with van der Waals surface area (Å²) in [5.74, 6) is 0.656. The zero-order valence-corrected chi connectivity index (χ0v) is 13.0. The van der Waals surface area contributed by atoms with Gasteiger partial charge in [-0.3, -0.25) is 4.90 Å². The third-order valence-corrected chi connectivity index (χ3v) is 4.75. The lowest BCUT2D eigenvalue weighted by Crippen LogP contribution is -2.45. The first-order chi connectivity index (χ1) is 9.45. The van der Waals surface area contributed by atoms with Crippen LogP contribution in [0.1, 0.15) is 0 Å². The van der Waals surface area contributed by atoms with E-state index < -0.39 is 9.05 Å². The van der Waals surface area contributed by atoms with Crippen molar-refractivity contribution in [3.8, 4) is 5.75 Å². The molecule has 1 aliphatic rings. The molecule has 1 aromatic rings. The van der Waals surface area contributed by atoms with Crippen molar-refractivity contribution in [3.63, 3.8) is 0 Å². The highest BCUT2D eigenvalue weighted by atomic mass is 35.7. The fraction of sp³-hybridized carbons (Fsp3) is 0.538. The summed E-state index contributed by atoms with van der Waals surface area (Å²) in [6, 6.07) is 6.15. The molecule has 0 N–H and O–H groups in total. The van der Waals surface area contributed by atoms with Crippen LogP contribution in [0.4, 0.5) is 0 Å². The lowest BCUT2D eigenvalue weighted by atomic mass is 10.3. The largest absolute Gasteiger partial charge is 0.492 e. The van der Waals surface area contributed by atoms with Crippen molar-refractivity contribution in [2.75, 3.05) is 46.4 Å². The van der Waals surface area contributed by atoms with Gasteiger partial charge < -0.3 is 9.64 Å². The Bertz CT molecular complexity index is 525.